The minimum absolute atomic E-state index is 1.28. The first kappa shape index (κ1) is 28.2. The lowest BCUT2D eigenvalue weighted by atomic mass is 9.92. The second kappa shape index (κ2) is 9.50. The lowest BCUT2D eigenvalue weighted by molar-refractivity contribution is 1.81. The van der Waals surface area contributed by atoms with Crippen LogP contribution < -0.4 is 0 Å². The maximum Gasteiger partial charge on any atom is -0.0171 e. The predicted octanol–water partition coefficient (Wildman–Crippen LogP) is 16.1. The Hall–Kier alpha value is -7.28. The summed E-state index contributed by atoms with van der Waals surface area (Å²) in [6.07, 6.45) is 0. The van der Waals surface area contributed by atoms with Gasteiger partial charge in [0.05, 0.1) is 0 Å². The van der Waals surface area contributed by atoms with Gasteiger partial charge in [-0.05, 0) is 321 Å². The van der Waals surface area contributed by atoms with E-state index in [1.807, 2.05) is 0 Å². The number of hydrogen-bond donors (Lipinski definition) is 0. The zero-order valence-electron chi connectivity index (χ0n) is 30.2. The molecular formula is C56H28. The van der Waals surface area contributed by atoms with Gasteiger partial charge < -0.3 is 0 Å². The van der Waals surface area contributed by atoms with Gasteiger partial charge in [0.1, 0.15) is 0 Å². The highest BCUT2D eigenvalue weighted by Gasteiger charge is 2.11. The SMILES string of the molecule is c1c2cc3cc4cc5cc6cc7cc8cc9cc%10cc%11cc%12cc%13cc%14cc1c1cc2cc3cc4cc5cc6cc7cc8cc9cc%10cc%11cc%12cc%13cc%14c1. The Bertz CT molecular complexity index is 2780. The Morgan fingerprint density at radius 2 is 0.107 bits per heavy atom. The summed E-state index contributed by atoms with van der Waals surface area (Å²) in [6.45, 7) is 0. The monoisotopic (exact) mass is 700 g/mol. The zero-order chi connectivity index (χ0) is 36.0. The molecule has 0 aromatic heterocycles. The van der Waals surface area contributed by atoms with Crippen LogP contribution in [-0.2, 0) is 0 Å². The van der Waals surface area contributed by atoms with Crippen molar-refractivity contribution in [3.8, 4) is 0 Å². The summed E-state index contributed by atoms with van der Waals surface area (Å²) in [4.78, 5) is 0. The van der Waals surface area contributed by atoms with E-state index in [1.165, 1.54) is 151 Å². The summed E-state index contributed by atoms with van der Waals surface area (Å²) >= 11 is 0. The third kappa shape index (κ3) is 3.78. The third-order valence-electron chi connectivity index (χ3n) is 13.4. The fraction of sp³-hybridized carbons (Fsp3) is 0. The van der Waals surface area contributed by atoms with Crippen molar-refractivity contribution >= 4 is 151 Å². The highest BCUT2D eigenvalue weighted by atomic mass is 14.2. The molecule has 0 saturated carbocycles. The molecule has 0 spiro atoms. The van der Waals surface area contributed by atoms with E-state index in [0.29, 0.717) is 0 Å². The third-order valence-corrected chi connectivity index (χ3v) is 13.4. The molecule has 56 heavy (non-hydrogen) atoms. The van der Waals surface area contributed by atoms with E-state index in [0.717, 1.165) is 0 Å². The molecule has 0 unspecified atom stereocenters. The van der Waals surface area contributed by atoms with E-state index >= 15 is 0 Å². The highest BCUT2D eigenvalue weighted by molar-refractivity contribution is 6.17. The van der Waals surface area contributed by atoms with Crippen LogP contribution in [0.3, 0.4) is 0 Å². The van der Waals surface area contributed by atoms with Crippen LogP contribution in [0.5, 0.6) is 0 Å². The van der Waals surface area contributed by atoms with Crippen LogP contribution in [0.2, 0.25) is 0 Å². The van der Waals surface area contributed by atoms with Gasteiger partial charge in [-0.3, -0.25) is 0 Å². The summed E-state index contributed by atoms with van der Waals surface area (Å²) in [5, 5.41) is 35.8. The van der Waals surface area contributed by atoms with Gasteiger partial charge in [-0.1, -0.05) is 0 Å². The zero-order valence-corrected chi connectivity index (χ0v) is 30.2. The van der Waals surface area contributed by atoms with Gasteiger partial charge in [-0.2, -0.15) is 0 Å². The smallest absolute Gasteiger partial charge is 0.0171 e. The summed E-state index contributed by atoms with van der Waals surface area (Å²) in [6, 6.07) is 66.8. The molecule has 0 aliphatic rings. The van der Waals surface area contributed by atoms with Gasteiger partial charge in [0.2, 0.25) is 0 Å². The molecule has 0 aliphatic heterocycles. The van der Waals surface area contributed by atoms with Crippen molar-refractivity contribution < 1.29 is 0 Å². The van der Waals surface area contributed by atoms with Crippen molar-refractivity contribution in [2.75, 3.05) is 0 Å². The maximum atomic E-state index is 2.39. The fourth-order valence-electron chi connectivity index (χ4n) is 10.5. The molecule has 0 amide bonds. The van der Waals surface area contributed by atoms with E-state index in [2.05, 4.69) is 170 Å². The van der Waals surface area contributed by atoms with Crippen molar-refractivity contribution in [3.05, 3.63) is 170 Å². The van der Waals surface area contributed by atoms with Gasteiger partial charge in [-0.25, -0.2) is 0 Å². The van der Waals surface area contributed by atoms with E-state index in [9.17, 15) is 0 Å². The Morgan fingerprint density at radius 3 is 0.143 bits per heavy atom. The average Bonchev–Trinajstić information content (AvgIpc) is 3.18. The average molecular weight is 701 g/mol. The van der Waals surface area contributed by atoms with Gasteiger partial charge in [0, 0.05) is 0 Å². The summed E-state index contributed by atoms with van der Waals surface area (Å²) in [7, 11) is 0. The van der Waals surface area contributed by atoms with Crippen LogP contribution in [0, 0.1) is 0 Å². The van der Waals surface area contributed by atoms with E-state index in [1.54, 1.807) is 0 Å². The van der Waals surface area contributed by atoms with Crippen LogP contribution >= 0.6 is 0 Å². The van der Waals surface area contributed by atoms with Crippen molar-refractivity contribution in [1.82, 2.24) is 0 Å². The number of fused-ring (bicyclic) bond motifs is 14. The number of benzene rings is 14. The fourth-order valence-corrected chi connectivity index (χ4v) is 10.5. The summed E-state index contributed by atoms with van der Waals surface area (Å²) in [5.41, 5.74) is 0. The molecule has 14 aromatic carbocycles. The predicted molar refractivity (Wildman–Crippen MR) is 245 cm³/mol. The molecule has 0 atom stereocenters. The first-order valence-electron chi connectivity index (χ1n) is 19.7. The van der Waals surface area contributed by atoms with Crippen molar-refractivity contribution in [2.45, 2.75) is 0 Å². The van der Waals surface area contributed by atoms with Gasteiger partial charge >= 0.3 is 0 Å². The molecule has 0 fully saturated rings. The van der Waals surface area contributed by atoms with Gasteiger partial charge in [0.15, 0.2) is 0 Å². The summed E-state index contributed by atoms with van der Waals surface area (Å²) < 4.78 is 0. The molecule has 252 valence electrons. The van der Waals surface area contributed by atoms with Gasteiger partial charge in [0.25, 0.3) is 0 Å². The van der Waals surface area contributed by atoms with Crippen LogP contribution in [0.4, 0.5) is 0 Å². The lowest BCUT2D eigenvalue weighted by Crippen LogP contribution is -1.85. The van der Waals surface area contributed by atoms with E-state index in [-0.39, 0.29) is 0 Å². The van der Waals surface area contributed by atoms with E-state index < -0.39 is 0 Å². The standard InChI is InChI=1S/C56H28/c1-29-2-33-7-37-11-41-15-45-19-49-23-53-27-54-24-50-20-46-16-42-12-38-8-34-3-30(1)32-4-31(29)5-35(33)9-39(37)13-43(41)17-47(45)21-51(49)25-55(53)28-56(54)26-52(50)22-48(46)18-44(42)14-40(38)10-36(34)6-32/h1-28H. The second-order valence-corrected chi connectivity index (χ2v) is 16.8. The molecule has 0 saturated heterocycles. The van der Waals surface area contributed by atoms with Crippen molar-refractivity contribution in [2.24, 2.45) is 0 Å². The first-order chi connectivity index (χ1) is 27.5. The molecule has 14 aromatic rings. The Balaban J connectivity index is 1.09. The topological polar surface area (TPSA) is 0 Å². The molecule has 0 bridgehead atoms. The Kier molecular flexibility index (Phi) is 4.78. The lowest BCUT2D eigenvalue weighted by Gasteiger charge is -2.12. The quantitative estimate of drug-likeness (QED) is 0.138. The van der Waals surface area contributed by atoms with Gasteiger partial charge in [-0.15, -0.1) is 0 Å². The molecule has 0 heterocycles. The normalized spacial score (nSPS) is 13.0. The Morgan fingerprint density at radius 1 is 0.0714 bits per heavy atom. The van der Waals surface area contributed by atoms with Crippen LogP contribution in [0.15, 0.2) is 170 Å². The van der Waals surface area contributed by atoms with Crippen molar-refractivity contribution in [1.29, 1.82) is 0 Å². The molecule has 14 rings (SSSR count). The molecule has 0 nitrogen and oxygen atoms in total. The van der Waals surface area contributed by atoms with E-state index in [4.69, 9.17) is 0 Å². The minimum Gasteiger partial charge on any atom is -0.0465 e. The van der Waals surface area contributed by atoms with Crippen LogP contribution in [0.1, 0.15) is 0 Å². The largest absolute Gasteiger partial charge is 0.0465 e. The van der Waals surface area contributed by atoms with Crippen LogP contribution in [0.25, 0.3) is 151 Å². The summed E-state index contributed by atoms with van der Waals surface area (Å²) in [5.74, 6) is 0. The van der Waals surface area contributed by atoms with Crippen molar-refractivity contribution in [3.63, 3.8) is 0 Å². The molecule has 0 N–H and O–H groups in total. The minimum atomic E-state index is 1.28. The molecule has 0 heteroatoms. The number of hydrogen-bond acceptors (Lipinski definition) is 0. The highest BCUT2D eigenvalue weighted by Crippen LogP contribution is 2.39. The van der Waals surface area contributed by atoms with Crippen LogP contribution in [-0.4, -0.2) is 0 Å². The Labute approximate surface area is 319 Å². The molecular weight excluding hydrogens is 673 g/mol. The maximum absolute atomic E-state index is 2.39. The number of rotatable bonds is 0. The second-order valence-electron chi connectivity index (χ2n) is 16.8. The first-order valence-corrected chi connectivity index (χ1v) is 19.7. The molecule has 0 aliphatic carbocycles. The molecule has 0 radical (unpaired) electrons.